The molecule has 7 heavy (non-hydrogen) atoms. The SMILES string of the molecule is CC(N)(Cl)C(N)=O. The van der Waals surface area contributed by atoms with E-state index in [1.807, 2.05) is 0 Å². The molecule has 4 N–H and O–H groups in total. The van der Waals surface area contributed by atoms with Crippen molar-refractivity contribution >= 4 is 17.5 Å². The molecule has 3 nitrogen and oxygen atoms in total. The Hall–Kier alpha value is -0.280. The second kappa shape index (κ2) is 1.68. The van der Waals surface area contributed by atoms with Gasteiger partial charge in [-0.2, -0.15) is 0 Å². The summed E-state index contributed by atoms with van der Waals surface area (Å²) in [6, 6.07) is 0. The van der Waals surface area contributed by atoms with E-state index in [0.29, 0.717) is 0 Å². The van der Waals surface area contributed by atoms with Crippen molar-refractivity contribution in [3.63, 3.8) is 0 Å². The molecule has 0 bridgehead atoms. The van der Waals surface area contributed by atoms with Crippen molar-refractivity contribution in [2.24, 2.45) is 11.5 Å². The lowest BCUT2D eigenvalue weighted by molar-refractivity contribution is -0.120. The molecule has 0 aromatic rings. The van der Waals surface area contributed by atoms with Gasteiger partial charge in [0.2, 0.25) is 0 Å². The van der Waals surface area contributed by atoms with Gasteiger partial charge in [-0.25, -0.2) is 0 Å². The van der Waals surface area contributed by atoms with Crippen LogP contribution in [0.2, 0.25) is 0 Å². The monoisotopic (exact) mass is 122 g/mol. The molecule has 0 radical (unpaired) electrons. The summed E-state index contributed by atoms with van der Waals surface area (Å²) < 4.78 is 0. The van der Waals surface area contributed by atoms with Gasteiger partial charge in [0, 0.05) is 0 Å². The van der Waals surface area contributed by atoms with Crippen LogP contribution in [0.25, 0.3) is 0 Å². The normalized spacial score (nSPS) is 18.1. The first kappa shape index (κ1) is 6.72. The first-order valence-electron chi connectivity index (χ1n) is 1.72. The molecule has 0 aliphatic carbocycles. The maximum atomic E-state index is 9.99. The smallest absolute Gasteiger partial charge is 0.252 e. The van der Waals surface area contributed by atoms with E-state index in [9.17, 15) is 4.79 Å². The fourth-order valence-corrected chi connectivity index (χ4v) is 0. The number of carbonyl (C=O) groups is 1. The van der Waals surface area contributed by atoms with Crippen LogP contribution in [0.3, 0.4) is 0 Å². The van der Waals surface area contributed by atoms with Gasteiger partial charge in [-0.1, -0.05) is 11.6 Å². The maximum absolute atomic E-state index is 9.99. The average Bonchev–Trinajstić information content (AvgIpc) is 1.31. The molecule has 0 heterocycles. The summed E-state index contributed by atoms with van der Waals surface area (Å²) in [4.78, 5) is 8.60. The van der Waals surface area contributed by atoms with Crippen LogP contribution >= 0.6 is 11.6 Å². The average molecular weight is 123 g/mol. The highest BCUT2D eigenvalue weighted by molar-refractivity contribution is 6.33. The number of rotatable bonds is 1. The highest BCUT2D eigenvalue weighted by atomic mass is 35.5. The summed E-state index contributed by atoms with van der Waals surface area (Å²) in [6.07, 6.45) is 0. The molecule has 1 unspecified atom stereocenters. The van der Waals surface area contributed by atoms with Crippen molar-refractivity contribution in [2.45, 2.75) is 11.9 Å². The van der Waals surface area contributed by atoms with Crippen LogP contribution in [0.1, 0.15) is 6.92 Å². The van der Waals surface area contributed by atoms with Gasteiger partial charge >= 0.3 is 0 Å². The van der Waals surface area contributed by atoms with E-state index in [0.717, 1.165) is 0 Å². The fourth-order valence-electron chi connectivity index (χ4n) is 0. The highest BCUT2D eigenvalue weighted by Crippen LogP contribution is 2.01. The molecule has 0 aromatic heterocycles. The van der Waals surface area contributed by atoms with Gasteiger partial charge in [0.25, 0.3) is 5.91 Å². The topological polar surface area (TPSA) is 69.1 Å². The Kier molecular flexibility index (Phi) is 1.61. The predicted octanol–water partition coefficient (Wildman–Crippen LogP) is -0.615. The predicted molar refractivity (Wildman–Crippen MR) is 27.6 cm³/mol. The van der Waals surface area contributed by atoms with E-state index in [-0.39, 0.29) is 0 Å². The lowest BCUT2D eigenvalue weighted by Gasteiger charge is -2.07. The second-order valence-corrected chi connectivity index (χ2v) is 2.23. The summed E-state index contributed by atoms with van der Waals surface area (Å²) in [5.41, 5.74) is 9.64. The number of primary amides is 1. The molecular formula is C3H7ClN2O. The fraction of sp³-hybridized carbons (Fsp3) is 0.667. The molecule has 0 saturated carbocycles. The van der Waals surface area contributed by atoms with Crippen LogP contribution in [0.15, 0.2) is 0 Å². The van der Waals surface area contributed by atoms with Crippen molar-refractivity contribution in [3.8, 4) is 0 Å². The molecule has 0 saturated heterocycles. The third-order valence-electron chi connectivity index (χ3n) is 0.482. The molecule has 0 fully saturated rings. The molecule has 1 atom stereocenters. The first-order chi connectivity index (χ1) is 2.94. The van der Waals surface area contributed by atoms with Crippen LogP contribution in [0.4, 0.5) is 0 Å². The van der Waals surface area contributed by atoms with Gasteiger partial charge in [-0.3, -0.25) is 4.79 Å². The summed E-state index contributed by atoms with van der Waals surface area (Å²) in [6.45, 7) is 1.33. The van der Waals surface area contributed by atoms with Crippen molar-refractivity contribution in [2.75, 3.05) is 0 Å². The second-order valence-electron chi connectivity index (χ2n) is 1.44. The van der Waals surface area contributed by atoms with Gasteiger partial charge in [0.05, 0.1) is 0 Å². The van der Waals surface area contributed by atoms with Crippen LogP contribution in [0.5, 0.6) is 0 Å². The molecule has 0 rings (SSSR count). The standard InChI is InChI=1S/C3H7ClN2O/c1-3(4,6)2(5)7/h6H2,1H3,(H2,5,7). The number of hydrogen-bond acceptors (Lipinski definition) is 2. The molecule has 4 heteroatoms. The Balaban J connectivity index is 3.79. The summed E-state index contributed by atoms with van der Waals surface area (Å²) >= 11 is 5.17. The van der Waals surface area contributed by atoms with Crippen molar-refractivity contribution in [1.29, 1.82) is 0 Å². The van der Waals surface area contributed by atoms with Crippen LogP contribution < -0.4 is 11.5 Å². The Morgan fingerprint density at radius 2 is 2.00 bits per heavy atom. The van der Waals surface area contributed by atoms with Crippen LogP contribution in [-0.2, 0) is 4.79 Å². The number of halogens is 1. The van der Waals surface area contributed by atoms with Crippen LogP contribution in [0, 0.1) is 0 Å². The van der Waals surface area contributed by atoms with Crippen molar-refractivity contribution in [3.05, 3.63) is 0 Å². The lowest BCUT2D eigenvalue weighted by atomic mass is 10.3. The number of amides is 1. The molecule has 42 valence electrons. The van der Waals surface area contributed by atoms with E-state index in [1.54, 1.807) is 0 Å². The molecular weight excluding hydrogens is 115 g/mol. The first-order valence-corrected chi connectivity index (χ1v) is 2.10. The van der Waals surface area contributed by atoms with Gasteiger partial charge < -0.3 is 11.5 Å². The van der Waals surface area contributed by atoms with Gasteiger partial charge in [0.15, 0.2) is 5.00 Å². The van der Waals surface area contributed by atoms with Gasteiger partial charge in [0.1, 0.15) is 0 Å². The molecule has 1 amide bonds. The Labute approximate surface area is 46.6 Å². The van der Waals surface area contributed by atoms with Crippen molar-refractivity contribution in [1.82, 2.24) is 0 Å². The quantitative estimate of drug-likeness (QED) is 0.360. The molecule has 0 aromatic carbocycles. The minimum atomic E-state index is -1.39. The third-order valence-corrected chi connectivity index (χ3v) is 0.668. The van der Waals surface area contributed by atoms with E-state index in [4.69, 9.17) is 17.3 Å². The molecule has 0 aliphatic rings. The number of alkyl halides is 1. The van der Waals surface area contributed by atoms with Gasteiger partial charge in [-0.15, -0.1) is 0 Å². The summed E-state index contributed by atoms with van der Waals surface area (Å²) in [7, 11) is 0. The minimum Gasteiger partial charge on any atom is -0.367 e. The Bertz CT molecular complexity index is 85.4. The maximum Gasteiger partial charge on any atom is 0.252 e. The van der Waals surface area contributed by atoms with E-state index in [2.05, 4.69) is 5.73 Å². The molecule has 0 spiro atoms. The van der Waals surface area contributed by atoms with E-state index < -0.39 is 10.9 Å². The highest BCUT2D eigenvalue weighted by Gasteiger charge is 2.20. The zero-order valence-corrected chi connectivity index (χ0v) is 4.70. The Morgan fingerprint density at radius 3 is 2.00 bits per heavy atom. The zero-order chi connectivity index (χ0) is 6.08. The number of hydrogen-bond donors (Lipinski definition) is 2. The van der Waals surface area contributed by atoms with E-state index >= 15 is 0 Å². The zero-order valence-electron chi connectivity index (χ0n) is 3.94. The molecule has 0 aliphatic heterocycles. The summed E-state index contributed by atoms with van der Waals surface area (Å²) in [5, 5.41) is 0. The van der Waals surface area contributed by atoms with E-state index in [1.165, 1.54) is 6.92 Å². The summed E-state index contributed by atoms with van der Waals surface area (Å²) in [5.74, 6) is -0.714. The minimum absolute atomic E-state index is 0.714. The van der Waals surface area contributed by atoms with Gasteiger partial charge in [-0.05, 0) is 6.92 Å². The largest absolute Gasteiger partial charge is 0.367 e. The van der Waals surface area contributed by atoms with Crippen molar-refractivity contribution < 1.29 is 4.79 Å². The van der Waals surface area contributed by atoms with Crippen LogP contribution in [-0.4, -0.2) is 10.9 Å². The third kappa shape index (κ3) is 2.42. The Morgan fingerprint density at radius 1 is 1.86 bits per heavy atom. The number of nitrogens with two attached hydrogens (primary N) is 2. The number of carbonyl (C=O) groups excluding carboxylic acids is 1. The lowest BCUT2D eigenvalue weighted by Crippen LogP contribution is -2.43.